The number of nitrogens with zero attached hydrogens (tertiary/aromatic N) is 4. The van der Waals surface area contributed by atoms with Crippen molar-refractivity contribution in [2.24, 2.45) is 0 Å². The van der Waals surface area contributed by atoms with Crippen LogP contribution < -0.4 is 10.2 Å². The van der Waals surface area contributed by atoms with Crippen LogP contribution in [-0.4, -0.2) is 56.7 Å². The van der Waals surface area contributed by atoms with Crippen LogP contribution in [0.3, 0.4) is 0 Å². The second kappa shape index (κ2) is 8.72. The summed E-state index contributed by atoms with van der Waals surface area (Å²) in [6.07, 6.45) is 2.80. The molecule has 5 rings (SSSR count). The Balaban J connectivity index is 0.000000325. The van der Waals surface area contributed by atoms with Crippen LogP contribution in [-0.2, 0) is 4.79 Å². The predicted octanol–water partition coefficient (Wildman–Crippen LogP) is 3.17. The minimum absolute atomic E-state index is 0.000717. The topological polar surface area (TPSA) is 99.8 Å². The summed E-state index contributed by atoms with van der Waals surface area (Å²) in [5, 5.41) is 10.3. The van der Waals surface area contributed by atoms with Crippen LogP contribution in [0.2, 0.25) is 0 Å². The molecular weight excluding hydrogens is 439 g/mol. The lowest BCUT2D eigenvalue weighted by Gasteiger charge is -2.41. The lowest BCUT2D eigenvalue weighted by Crippen LogP contribution is -2.59. The predicted molar refractivity (Wildman–Crippen MR) is 113 cm³/mol. The van der Waals surface area contributed by atoms with E-state index in [0.717, 1.165) is 41.4 Å². The molecule has 1 aliphatic carbocycles. The van der Waals surface area contributed by atoms with E-state index in [1.807, 2.05) is 37.4 Å². The van der Waals surface area contributed by atoms with Crippen molar-refractivity contribution in [2.75, 3.05) is 18.0 Å². The zero-order valence-electron chi connectivity index (χ0n) is 17.7. The van der Waals surface area contributed by atoms with E-state index in [-0.39, 0.29) is 11.9 Å². The monoisotopic (exact) mass is 461 g/mol. The fourth-order valence-electron chi connectivity index (χ4n) is 3.74. The molecule has 1 saturated heterocycles. The van der Waals surface area contributed by atoms with E-state index in [9.17, 15) is 18.0 Å². The molecule has 11 heteroatoms. The van der Waals surface area contributed by atoms with Gasteiger partial charge in [-0.25, -0.2) is 9.78 Å². The molecule has 0 unspecified atom stereocenters. The van der Waals surface area contributed by atoms with Crippen LogP contribution in [0.5, 0.6) is 0 Å². The molecule has 1 saturated carbocycles. The first-order valence-corrected chi connectivity index (χ1v) is 10.4. The lowest BCUT2D eigenvalue weighted by molar-refractivity contribution is -0.192. The number of amides is 1. The maximum atomic E-state index is 12.8. The third-order valence-corrected chi connectivity index (χ3v) is 5.64. The van der Waals surface area contributed by atoms with E-state index >= 15 is 0 Å². The summed E-state index contributed by atoms with van der Waals surface area (Å²) in [7, 11) is 0. The third-order valence-electron chi connectivity index (χ3n) is 5.64. The normalized spacial score (nSPS) is 16.1. The Morgan fingerprint density at radius 2 is 1.76 bits per heavy atom. The van der Waals surface area contributed by atoms with Crippen molar-refractivity contribution in [3.63, 3.8) is 0 Å². The molecule has 8 nitrogen and oxygen atoms in total. The van der Waals surface area contributed by atoms with Gasteiger partial charge in [-0.05, 0) is 44.0 Å². The van der Waals surface area contributed by atoms with Crippen LogP contribution >= 0.6 is 0 Å². The second-order valence-electron chi connectivity index (χ2n) is 8.07. The van der Waals surface area contributed by atoms with Crippen LogP contribution in [0, 0.1) is 6.92 Å². The number of carboxylic acid groups (broad SMARTS) is 1. The molecular formula is C22H22F3N5O3. The number of carbonyl (C=O) groups excluding carboxylic acids is 1. The van der Waals surface area contributed by atoms with Gasteiger partial charge in [0.15, 0.2) is 0 Å². The maximum absolute atomic E-state index is 12.8. The van der Waals surface area contributed by atoms with E-state index < -0.39 is 12.1 Å². The molecule has 174 valence electrons. The third kappa shape index (κ3) is 4.91. The number of rotatable bonds is 4. The Morgan fingerprint density at radius 3 is 2.33 bits per heavy atom. The van der Waals surface area contributed by atoms with Gasteiger partial charge in [0.1, 0.15) is 5.82 Å². The van der Waals surface area contributed by atoms with Crippen molar-refractivity contribution in [3.8, 4) is 0 Å². The molecule has 2 N–H and O–H groups in total. The Morgan fingerprint density at radius 1 is 1.12 bits per heavy atom. The van der Waals surface area contributed by atoms with Gasteiger partial charge in [0.05, 0.1) is 23.3 Å². The zero-order valence-corrected chi connectivity index (χ0v) is 17.7. The first-order valence-electron chi connectivity index (χ1n) is 10.4. The highest BCUT2D eigenvalue weighted by molar-refractivity contribution is 5.96. The number of hydrogen-bond donors (Lipinski definition) is 2. The molecule has 1 amide bonds. The minimum atomic E-state index is -5.08. The molecule has 0 radical (unpaired) electrons. The first kappa shape index (κ1) is 22.6. The van der Waals surface area contributed by atoms with Crippen molar-refractivity contribution in [3.05, 3.63) is 59.9 Å². The molecule has 33 heavy (non-hydrogen) atoms. The van der Waals surface area contributed by atoms with Crippen molar-refractivity contribution >= 4 is 23.1 Å². The molecule has 2 aliphatic rings. The quantitative estimate of drug-likeness (QED) is 0.619. The number of nitrogens with one attached hydrogen (secondary N) is 1. The van der Waals surface area contributed by atoms with Gasteiger partial charge >= 0.3 is 12.1 Å². The highest BCUT2D eigenvalue weighted by atomic mass is 19.4. The lowest BCUT2D eigenvalue weighted by atomic mass is 10.1. The molecule has 4 heterocycles. The van der Waals surface area contributed by atoms with Gasteiger partial charge in [-0.1, -0.05) is 0 Å². The molecule has 0 atom stereocenters. The number of halogens is 3. The van der Waals surface area contributed by atoms with Gasteiger partial charge in [-0.15, -0.1) is 0 Å². The Bertz CT molecular complexity index is 1170. The van der Waals surface area contributed by atoms with Gasteiger partial charge in [-0.2, -0.15) is 13.2 Å². The van der Waals surface area contributed by atoms with Crippen LogP contribution in [0.1, 0.15) is 40.6 Å². The Kier molecular flexibility index (Phi) is 5.96. The summed E-state index contributed by atoms with van der Waals surface area (Å²) in [6, 6.07) is 8.07. The number of carboxylic acids is 1. The largest absolute Gasteiger partial charge is 0.490 e. The molecule has 3 aromatic heterocycles. The number of fused-ring (bicyclic) bond motifs is 1. The van der Waals surface area contributed by atoms with Crippen molar-refractivity contribution in [1.29, 1.82) is 0 Å². The van der Waals surface area contributed by atoms with E-state index in [0.29, 0.717) is 5.92 Å². The standard InChI is InChI=1S/C20H21N5O.C2HF3O2/c1-13-18(5-4-17-10-22-19(25(13)17)14-2-3-14)20(26)23-15-11-24(12-15)16-6-8-21-9-7-16;3-2(4,5)1(6)7/h4-10,14-15H,2-3,11-12H2,1H3,(H,23,26);(H,6,7). The van der Waals surface area contributed by atoms with Crippen molar-refractivity contribution < 1.29 is 27.9 Å². The van der Waals surface area contributed by atoms with Crippen molar-refractivity contribution in [1.82, 2.24) is 19.7 Å². The van der Waals surface area contributed by atoms with Gasteiger partial charge in [0.2, 0.25) is 0 Å². The van der Waals surface area contributed by atoms with Gasteiger partial charge in [-0.3, -0.25) is 14.2 Å². The number of aryl methyl sites for hydroxylation is 1. The fourth-order valence-corrected chi connectivity index (χ4v) is 3.74. The summed E-state index contributed by atoms with van der Waals surface area (Å²) in [6.45, 7) is 3.67. The van der Waals surface area contributed by atoms with Crippen LogP contribution in [0.4, 0.5) is 18.9 Å². The van der Waals surface area contributed by atoms with Crippen LogP contribution in [0.15, 0.2) is 42.9 Å². The van der Waals surface area contributed by atoms with E-state index in [4.69, 9.17) is 9.90 Å². The second-order valence-corrected chi connectivity index (χ2v) is 8.07. The van der Waals surface area contributed by atoms with E-state index in [1.165, 1.54) is 12.8 Å². The zero-order chi connectivity index (χ0) is 23.8. The summed E-state index contributed by atoms with van der Waals surface area (Å²) in [5.41, 5.74) is 3.92. The molecule has 0 spiro atoms. The van der Waals surface area contributed by atoms with Crippen LogP contribution in [0.25, 0.3) is 5.52 Å². The van der Waals surface area contributed by atoms with Gasteiger partial charge in [0, 0.05) is 42.8 Å². The number of aromatic nitrogens is 3. The maximum Gasteiger partial charge on any atom is 0.490 e. The average Bonchev–Trinajstić information content (AvgIpc) is 3.49. The smallest absolute Gasteiger partial charge is 0.475 e. The minimum Gasteiger partial charge on any atom is -0.475 e. The molecule has 1 aliphatic heterocycles. The first-order chi connectivity index (χ1) is 15.6. The Labute approximate surface area is 187 Å². The number of anilines is 1. The Hall–Kier alpha value is -3.63. The number of alkyl halides is 3. The average molecular weight is 461 g/mol. The molecule has 2 fully saturated rings. The molecule has 0 bridgehead atoms. The van der Waals surface area contributed by atoms with Gasteiger partial charge < -0.3 is 15.3 Å². The molecule has 0 aromatic carbocycles. The fraction of sp³-hybridized carbons (Fsp3) is 0.364. The molecule has 3 aromatic rings. The number of carbonyl (C=O) groups is 2. The summed E-state index contributed by atoms with van der Waals surface area (Å²) in [5.74, 6) is -1.11. The number of pyridine rings is 2. The summed E-state index contributed by atoms with van der Waals surface area (Å²) < 4.78 is 33.9. The SMILES string of the molecule is Cc1c(C(=O)NC2CN(c3ccncc3)C2)ccc2cnc(C3CC3)n12.O=C(O)C(F)(F)F. The summed E-state index contributed by atoms with van der Waals surface area (Å²) >= 11 is 0. The van der Waals surface area contributed by atoms with E-state index in [1.54, 1.807) is 12.4 Å². The summed E-state index contributed by atoms with van der Waals surface area (Å²) in [4.78, 5) is 32.5. The number of hydrogen-bond acceptors (Lipinski definition) is 5. The van der Waals surface area contributed by atoms with Gasteiger partial charge in [0.25, 0.3) is 5.91 Å². The number of aliphatic carboxylic acids is 1. The highest BCUT2D eigenvalue weighted by Gasteiger charge is 2.38. The number of imidazole rings is 1. The van der Waals surface area contributed by atoms with E-state index in [2.05, 4.69) is 24.6 Å². The van der Waals surface area contributed by atoms with Crippen molar-refractivity contribution in [2.45, 2.75) is 37.9 Å². The highest BCUT2D eigenvalue weighted by Crippen LogP contribution is 2.39.